The Morgan fingerprint density at radius 3 is 2.92 bits per heavy atom. The van der Waals surface area contributed by atoms with Crippen LogP contribution in [-0.2, 0) is 6.54 Å². The number of nitrogens with zero attached hydrogens (tertiary/aromatic N) is 2. The van der Waals surface area contributed by atoms with Gasteiger partial charge in [0.15, 0.2) is 0 Å². The Kier molecular flexibility index (Phi) is 6.71. The van der Waals surface area contributed by atoms with Gasteiger partial charge in [0.1, 0.15) is 5.56 Å². The number of ether oxygens (including phenoxy) is 1. The Bertz CT molecular complexity index is 767. The summed E-state index contributed by atoms with van der Waals surface area (Å²) in [7, 11) is 0. The maximum atomic E-state index is 12.3. The van der Waals surface area contributed by atoms with Gasteiger partial charge in [-0.25, -0.2) is 4.98 Å². The molecule has 1 aromatic carbocycles. The first-order chi connectivity index (χ1) is 12.0. The van der Waals surface area contributed by atoms with Crippen LogP contribution in [0.25, 0.3) is 0 Å². The van der Waals surface area contributed by atoms with Crippen LogP contribution in [0.3, 0.4) is 0 Å². The highest BCUT2D eigenvalue weighted by molar-refractivity contribution is 6.31. The molecular formula is C17H18ClN3O4. The molecule has 0 radical (unpaired) electrons. The zero-order valence-corrected chi connectivity index (χ0v) is 14.5. The average molecular weight is 364 g/mol. The number of nitrogens with one attached hydrogen (secondary N) is 1. The molecule has 8 heteroatoms. The highest BCUT2D eigenvalue weighted by Crippen LogP contribution is 2.23. The van der Waals surface area contributed by atoms with Gasteiger partial charge in [-0.3, -0.25) is 14.9 Å². The van der Waals surface area contributed by atoms with Gasteiger partial charge in [-0.1, -0.05) is 31.0 Å². The molecule has 0 aliphatic heterocycles. The monoisotopic (exact) mass is 363 g/mol. The molecular weight excluding hydrogens is 346 g/mol. The van der Waals surface area contributed by atoms with Crippen molar-refractivity contribution in [1.82, 2.24) is 10.3 Å². The van der Waals surface area contributed by atoms with Crippen LogP contribution in [0.5, 0.6) is 5.88 Å². The highest BCUT2D eigenvalue weighted by Gasteiger charge is 2.20. The molecule has 0 unspecified atom stereocenters. The summed E-state index contributed by atoms with van der Waals surface area (Å²) < 4.78 is 5.61. The SMILES string of the molecule is CCCCOc1ncccc1CNC(=O)c1ccc(Cl)cc1[N+](=O)[O-]. The predicted octanol–water partition coefficient (Wildman–Crippen LogP) is 3.75. The van der Waals surface area contributed by atoms with E-state index < -0.39 is 10.8 Å². The lowest BCUT2D eigenvalue weighted by molar-refractivity contribution is -0.385. The third-order valence-electron chi connectivity index (χ3n) is 3.43. The van der Waals surface area contributed by atoms with E-state index in [1.54, 1.807) is 18.3 Å². The van der Waals surface area contributed by atoms with Crippen molar-refractivity contribution in [2.45, 2.75) is 26.3 Å². The summed E-state index contributed by atoms with van der Waals surface area (Å²) >= 11 is 5.76. The van der Waals surface area contributed by atoms with Crippen LogP contribution < -0.4 is 10.1 Å². The van der Waals surface area contributed by atoms with Gasteiger partial charge in [-0.2, -0.15) is 0 Å². The standard InChI is InChI=1S/C17H18ClN3O4/c1-2-3-9-25-17-12(5-4-8-19-17)11-20-16(22)14-7-6-13(18)10-15(14)21(23)24/h4-8,10H,2-3,9,11H2,1H3,(H,20,22). The van der Waals surface area contributed by atoms with Gasteiger partial charge in [0, 0.05) is 29.4 Å². The van der Waals surface area contributed by atoms with E-state index in [0.717, 1.165) is 18.9 Å². The lowest BCUT2D eigenvalue weighted by Crippen LogP contribution is -2.24. The molecule has 1 aromatic heterocycles. The van der Waals surface area contributed by atoms with Crippen LogP contribution in [0.2, 0.25) is 5.02 Å². The maximum Gasteiger partial charge on any atom is 0.283 e. The summed E-state index contributed by atoms with van der Waals surface area (Å²) in [4.78, 5) is 26.9. The molecule has 1 N–H and O–H groups in total. The summed E-state index contributed by atoms with van der Waals surface area (Å²) in [5.74, 6) is -0.117. The second-order valence-corrected chi connectivity index (χ2v) is 5.71. The number of hydrogen-bond donors (Lipinski definition) is 1. The molecule has 7 nitrogen and oxygen atoms in total. The van der Waals surface area contributed by atoms with E-state index in [9.17, 15) is 14.9 Å². The topological polar surface area (TPSA) is 94.4 Å². The zero-order chi connectivity index (χ0) is 18.2. The first kappa shape index (κ1) is 18.7. The van der Waals surface area contributed by atoms with Gasteiger partial charge in [-0.05, 0) is 24.6 Å². The minimum absolute atomic E-state index is 0.0493. The minimum atomic E-state index is -0.635. The number of halogens is 1. The first-order valence-electron chi connectivity index (χ1n) is 7.81. The van der Waals surface area contributed by atoms with Gasteiger partial charge in [-0.15, -0.1) is 0 Å². The predicted molar refractivity (Wildman–Crippen MR) is 93.9 cm³/mol. The van der Waals surface area contributed by atoms with Crippen LogP contribution in [0, 0.1) is 10.1 Å². The fraction of sp³-hybridized carbons (Fsp3) is 0.294. The third kappa shape index (κ3) is 5.15. The van der Waals surface area contributed by atoms with E-state index in [-0.39, 0.29) is 22.8 Å². The minimum Gasteiger partial charge on any atom is -0.477 e. The number of carbonyl (C=O) groups excluding carboxylic acids is 1. The van der Waals surface area contributed by atoms with Crippen molar-refractivity contribution in [1.29, 1.82) is 0 Å². The number of nitro benzene ring substituents is 1. The number of amides is 1. The molecule has 25 heavy (non-hydrogen) atoms. The molecule has 0 aliphatic carbocycles. The molecule has 0 fully saturated rings. The van der Waals surface area contributed by atoms with Gasteiger partial charge in [0.25, 0.3) is 11.6 Å². The normalized spacial score (nSPS) is 10.3. The van der Waals surface area contributed by atoms with Crippen molar-refractivity contribution in [3.63, 3.8) is 0 Å². The molecule has 2 rings (SSSR count). The molecule has 0 saturated heterocycles. The van der Waals surface area contributed by atoms with E-state index in [0.29, 0.717) is 18.1 Å². The molecule has 132 valence electrons. The molecule has 0 aliphatic rings. The van der Waals surface area contributed by atoms with Crippen LogP contribution in [0.1, 0.15) is 35.7 Å². The molecule has 0 spiro atoms. The van der Waals surface area contributed by atoms with E-state index in [1.807, 2.05) is 0 Å². The molecule has 0 bridgehead atoms. The Morgan fingerprint density at radius 1 is 1.40 bits per heavy atom. The fourth-order valence-electron chi connectivity index (χ4n) is 2.12. The smallest absolute Gasteiger partial charge is 0.283 e. The summed E-state index contributed by atoms with van der Waals surface area (Å²) in [5.41, 5.74) is 0.311. The quantitative estimate of drug-likeness (QED) is 0.438. The summed E-state index contributed by atoms with van der Waals surface area (Å²) in [5, 5.41) is 13.9. The Labute approximate surface area is 150 Å². The van der Waals surface area contributed by atoms with E-state index in [2.05, 4.69) is 17.2 Å². The highest BCUT2D eigenvalue weighted by atomic mass is 35.5. The van der Waals surface area contributed by atoms with Crippen molar-refractivity contribution < 1.29 is 14.5 Å². The number of unbranched alkanes of at least 4 members (excludes halogenated alkanes) is 1. The van der Waals surface area contributed by atoms with Crippen LogP contribution >= 0.6 is 11.6 Å². The summed E-state index contributed by atoms with van der Waals surface area (Å²) in [6, 6.07) is 7.44. The molecule has 1 amide bonds. The third-order valence-corrected chi connectivity index (χ3v) is 3.66. The van der Waals surface area contributed by atoms with Gasteiger partial charge < -0.3 is 10.1 Å². The van der Waals surface area contributed by atoms with E-state index >= 15 is 0 Å². The second kappa shape index (κ2) is 8.98. The lowest BCUT2D eigenvalue weighted by Gasteiger charge is -2.11. The van der Waals surface area contributed by atoms with Gasteiger partial charge in [0.05, 0.1) is 11.5 Å². The summed E-state index contributed by atoms with van der Waals surface area (Å²) in [6.45, 7) is 2.74. The van der Waals surface area contributed by atoms with Crippen molar-refractivity contribution in [3.8, 4) is 5.88 Å². The van der Waals surface area contributed by atoms with Crippen LogP contribution in [0.15, 0.2) is 36.5 Å². The number of aromatic nitrogens is 1. The van der Waals surface area contributed by atoms with Crippen LogP contribution in [0.4, 0.5) is 5.69 Å². The Balaban J connectivity index is 2.09. The van der Waals surface area contributed by atoms with E-state index in [4.69, 9.17) is 16.3 Å². The molecule has 0 atom stereocenters. The number of rotatable bonds is 8. The molecule has 1 heterocycles. The molecule has 2 aromatic rings. The first-order valence-corrected chi connectivity index (χ1v) is 8.19. The van der Waals surface area contributed by atoms with Gasteiger partial charge >= 0.3 is 0 Å². The largest absolute Gasteiger partial charge is 0.477 e. The number of nitro groups is 1. The maximum absolute atomic E-state index is 12.3. The van der Waals surface area contributed by atoms with Crippen molar-refractivity contribution in [3.05, 3.63) is 62.8 Å². The zero-order valence-electron chi connectivity index (χ0n) is 13.7. The summed E-state index contributed by atoms with van der Waals surface area (Å²) in [6.07, 6.45) is 3.51. The van der Waals surface area contributed by atoms with Crippen LogP contribution in [-0.4, -0.2) is 22.4 Å². The van der Waals surface area contributed by atoms with Crippen molar-refractivity contribution in [2.24, 2.45) is 0 Å². The average Bonchev–Trinajstić information content (AvgIpc) is 2.60. The van der Waals surface area contributed by atoms with E-state index in [1.165, 1.54) is 12.1 Å². The Hall–Kier alpha value is -2.67. The van der Waals surface area contributed by atoms with Crippen molar-refractivity contribution >= 4 is 23.2 Å². The van der Waals surface area contributed by atoms with Crippen molar-refractivity contribution in [2.75, 3.05) is 6.61 Å². The lowest BCUT2D eigenvalue weighted by atomic mass is 10.1. The number of benzene rings is 1. The number of pyridine rings is 1. The number of hydrogen-bond acceptors (Lipinski definition) is 5. The number of carbonyl (C=O) groups is 1. The fourth-order valence-corrected chi connectivity index (χ4v) is 2.29. The Morgan fingerprint density at radius 2 is 2.20 bits per heavy atom. The second-order valence-electron chi connectivity index (χ2n) is 5.27. The molecule has 0 saturated carbocycles. The van der Waals surface area contributed by atoms with Gasteiger partial charge in [0.2, 0.25) is 5.88 Å².